The van der Waals surface area contributed by atoms with Crippen molar-refractivity contribution in [1.29, 1.82) is 0 Å². The monoisotopic (exact) mass is 459 g/mol. The highest BCUT2D eigenvalue weighted by molar-refractivity contribution is 5.90. The van der Waals surface area contributed by atoms with Crippen LogP contribution in [0.1, 0.15) is 25.5 Å². The Labute approximate surface area is 189 Å². The van der Waals surface area contributed by atoms with Crippen molar-refractivity contribution in [2.45, 2.75) is 32.3 Å². The van der Waals surface area contributed by atoms with Gasteiger partial charge in [0.2, 0.25) is 5.91 Å². The molecule has 33 heavy (non-hydrogen) atoms. The van der Waals surface area contributed by atoms with E-state index in [0.717, 1.165) is 0 Å². The summed E-state index contributed by atoms with van der Waals surface area (Å²) in [6, 6.07) is 4.63. The Morgan fingerprint density at radius 3 is 2.85 bits per heavy atom. The lowest BCUT2D eigenvalue weighted by atomic mass is 10.1. The van der Waals surface area contributed by atoms with Crippen molar-refractivity contribution < 1.29 is 23.5 Å². The molecule has 0 radical (unpaired) electrons. The third kappa shape index (κ3) is 5.45. The zero-order chi connectivity index (χ0) is 23.4. The van der Waals surface area contributed by atoms with Crippen LogP contribution in [0.25, 0.3) is 0 Å². The van der Waals surface area contributed by atoms with Crippen molar-refractivity contribution in [2.75, 3.05) is 42.5 Å². The van der Waals surface area contributed by atoms with Crippen LogP contribution in [0.2, 0.25) is 0 Å². The average Bonchev–Trinajstić information content (AvgIpc) is 3.35. The molecule has 4 rings (SSSR count). The largest absolute Gasteiger partial charge is 0.444 e. The van der Waals surface area contributed by atoms with Crippen LogP contribution in [-0.4, -0.2) is 77.0 Å². The van der Waals surface area contributed by atoms with Crippen LogP contribution in [-0.2, 0) is 20.7 Å². The van der Waals surface area contributed by atoms with Crippen LogP contribution >= 0.6 is 0 Å². The molecule has 2 aliphatic heterocycles. The number of cyclic esters (lactones) is 1. The van der Waals surface area contributed by atoms with Crippen LogP contribution in [0, 0.1) is 5.82 Å². The number of aromatic amines is 1. The summed E-state index contributed by atoms with van der Waals surface area (Å²) in [5.41, 5.74) is 4.42. The number of hydrazine groups is 1. The van der Waals surface area contributed by atoms with Gasteiger partial charge in [-0.25, -0.2) is 14.6 Å². The number of Topliss-reactive ketones (excluding diaryl/α,β-unsaturated/α-hetero) is 1. The van der Waals surface area contributed by atoms with Crippen molar-refractivity contribution in [3.63, 3.8) is 0 Å². The van der Waals surface area contributed by atoms with Gasteiger partial charge in [0, 0.05) is 26.1 Å². The van der Waals surface area contributed by atoms with Crippen LogP contribution in [0.4, 0.5) is 20.6 Å². The molecule has 0 unspecified atom stereocenters. The number of hydrogen-bond acceptors (Lipinski definition) is 8. The van der Waals surface area contributed by atoms with E-state index in [-0.39, 0.29) is 30.8 Å². The molecule has 2 N–H and O–H groups in total. The zero-order valence-corrected chi connectivity index (χ0v) is 18.3. The molecule has 0 saturated carbocycles. The predicted molar refractivity (Wildman–Crippen MR) is 116 cm³/mol. The van der Waals surface area contributed by atoms with Gasteiger partial charge in [0.1, 0.15) is 17.7 Å². The van der Waals surface area contributed by atoms with Gasteiger partial charge >= 0.3 is 6.09 Å². The molecule has 2 aromatic rings. The second kappa shape index (κ2) is 9.94. The van der Waals surface area contributed by atoms with E-state index in [0.29, 0.717) is 56.1 Å². The third-order valence-electron chi connectivity index (χ3n) is 5.65. The number of nitrogens with zero attached hydrogens (tertiary/aromatic N) is 5. The molecule has 0 aliphatic carbocycles. The SMILES string of the molecule is CC(=O)CC[C@H]1CN(c2ccc(N3CCNN(C(=O)Cc4cn[nH]n4)CC3)c(F)c2)C(=O)O1. The van der Waals surface area contributed by atoms with Gasteiger partial charge in [-0.15, -0.1) is 0 Å². The Balaban J connectivity index is 1.37. The number of hydrogen-bond donors (Lipinski definition) is 2. The number of anilines is 2. The Morgan fingerprint density at radius 1 is 1.27 bits per heavy atom. The molecule has 2 amide bonds. The molecule has 12 heteroatoms. The lowest BCUT2D eigenvalue weighted by molar-refractivity contribution is -0.133. The second-order valence-electron chi connectivity index (χ2n) is 8.07. The first-order valence-electron chi connectivity index (χ1n) is 10.8. The normalized spacial score (nSPS) is 18.9. The Bertz CT molecular complexity index is 1020. The van der Waals surface area contributed by atoms with E-state index in [1.165, 1.54) is 29.1 Å². The van der Waals surface area contributed by atoms with Gasteiger partial charge in [0.05, 0.1) is 42.8 Å². The summed E-state index contributed by atoms with van der Waals surface area (Å²) in [7, 11) is 0. The van der Waals surface area contributed by atoms with E-state index in [2.05, 4.69) is 20.8 Å². The molecule has 176 valence electrons. The van der Waals surface area contributed by atoms with E-state index in [9.17, 15) is 14.4 Å². The fourth-order valence-corrected chi connectivity index (χ4v) is 3.91. The number of carbonyl (C=O) groups excluding carboxylic acids is 3. The molecular formula is C21H26FN7O4. The van der Waals surface area contributed by atoms with Crippen molar-refractivity contribution in [1.82, 2.24) is 25.8 Å². The number of aromatic nitrogens is 3. The number of ketones is 1. The highest BCUT2D eigenvalue weighted by atomic mass is 19.1. The van der Waals surface area contributed by atoms with Gasteiger partial charge in [0.25, 0.3) is 0 Å². The van der Waals surface area contributed by atoms with Crippen molar-refractivity contribution in [3.8, 4) is 0 Å². The summed E-state index contributed by atoms with van der Waals surface area (Å²) < 4.78 is 20.3. The summed E-state index contributed by atoms with van der Waals surface area (Å²) in [4.78, 5) is 39.1. The smallest absolute Gasteiger partial charge is 0.414 e. The summed E-state index contributed by atoms with van der Waals surface area (Å²) in [6.07, 6.45) is 1.47. The number of ether oxygens (including phenoxy) is 1. The molecule has 1 atom stereocenters. The van der Waals surface area contributed by atoms with Crippen molar-refractivity contribution in [3.05, 3.63) is 35.9 Å². The molecule has 3 heterocycles. The fraction of sp³-hybridized carbons (Fsp3) is 0.476. The van der Waals surface area contributed by atoms with Gasteiger partial charge in [-0.2, -0.15) is 15.4 Å². The number of benzene rings is 1. The minimum atomic E-state index is -0.545. The van der Waals surface area contributed by atoms with Gasteiger partial charge in [-0.1, -0.05) is 0 Å². The molecule has 2 saturated heterocycles. The standard InChI is InChI=1S/C21H26FN7O4/c1-14(30)2-4-17-13-28(21(32)33-17)16-3-5-19(18(22)11-16)27-7-6-24-29(9-8-27)20(31)10-15-12-23-26-25-15/h3,5,11-12,17,24H,2,4,6-10,13H2,1H3,(H,23,25,26)/t17-/m0/s1. The van der Waals surface area contributed by atoms with Gasteiger partial charge in [-0.3, -0.25) is 14.7 Å². The molecule has 1 aromatic carbocycles. The van der Waals surface area contributed by atoms with Crippen LogP contribution in [0.5, 0.6) is 0 Å². The lowest BCUT2D eigenvalue weighted by Gasteiger charge is -2.24. The molecular weight excluding hydrogens is 433 g/mol. The quantitative estimate of drug-likeness (QED) is 0.629. The lowest BCUT2D eigenvalue weighted by Crippen LogP contribution is -2.44. The van der Waals surface area contributed by atoms with E-state index in [1.807, 2.05) is 4.90 Å². The zero-order valence-electron chi connectivity index (χ0n) is 18.3. The minimum Gasteiger partial charge on any atom is -0.444 e. The first-order valence-corrected chi connectivity index (χ1v) is 10.8. The van der Waals surface area contributed by atoms with E-state index < -0.39 is 11.9 Å². The molecule has 0 bridgehead atoms. The molecule has 2 fully saturated rings. The maximum Gasteiger partial charge on any atom is 0.414 e. The van der Waals surface area contributed by atoms with E-state index in [1.54, 1.807) is 12.1 Å². The molecule has 1 aromatic heterocycles. The van der Waals surface area contributed by atoms with Crippen molar-refractivity contribution in [2.24, 2.45) is 0 Å². The average molecular weight is 459 g/mol. The van der Waals surface area contributed by atoms with Gasteiger partial charge in [0.15, 0.2) is 0 Å². The van der Waals surface area contributed by atoms with E-state index in [4.69, 9.17) is 4.74 Å². The van der Waals surface area contributed by atoms with Crippen LogP contribution in [0.15, 0.2) is 24.4 Å². The number of H-pyrrole nitrogens is 1. The highest BCUT2D eigenvalue weighted by Crippen LogP contribution is 2.29. The number of amides is 2. The summed E-state index contributed by atoms with van der Waals surface area (Å²) in [5.74, 6) is -0.575. The van der Waals surface area contributed by atoms with Gasteiger partial charge < -0.3 is 14.4 Å². The Morgan fingerprint density at radius 2 is 2.12 bits per heavy atom. The first-order chi connectivity index (χ1) is 15.9. The second-order valence-corrected chi connectivity index (χ2v) is 8.07. The Kier molecular flexibility index (Phi) is 6.82. The van der Waals surface area contributed by atoms with E-state index >= 15 is 4.39 Å². The van der Waals surface area contributed by atoms with Crippen LogP contribution < -0.4 is 15.2 Å². The summed E-state index contributed by atoms with van der Waals surface area (Å²) in [6.45, 7) is 3.54. The van der Waals surface area contributed by atoms with Gasteiger partial charge in [-0.05, 0) is 31.5 Å². The van der Waals surface area contributed by atoms with Crippen molar-refractivity contribution >= 4 is 29.2 Å². The number of carbonyl (C=O) groups is 3. The topological polar surface area (TPSA) is 124 Å². The first kappa shape index (κ1) is 22.6. The number of halogens is 1. The highest BCUT2D eigenvalue weighted by Gasteiger charge is 2.33. The predicted octanol–water partition coefficient (Wildman–Crippen LogP) is 1.03. The maximum atomic E-state index is 15.0. The number of rotatable bonds is 7. The molecule has 2 aliphatic rings. The minimum absolute atomic E-state index is 0.0326. The number of nitrogens with one attached hydrogen (secondary N) is 2. The maximum absolute atomic E-state index is 15.0. The fourth-order valence-electron chi connectivity index (χ4n) is 3.91. The Hall–Kier alpha value is -3.54. The molecule has 11 nitrogen and oxygen atoms in total. The van der Waals surface area contributed by atoms with Crippen LogP contribution in [0.3, 0.4) is 0 Å². The summed E-state index contributed by atoms with van der Waals surface area (Å²) in [5, 5.41) is 11.6. The third-order valence-corrected chi connectivity index (χ3v) is 5.65. The molecule has 0 spiro atoms. The summed E-state index contributed by atoms with van der Waals surface area (Å²) >= 11 is 0.